The second kappa shape index (κ2) is 4.82. The van der Waals surface area contributed by atoms with Crippen molar-refractivity contribution in [2.24, 2.45) is 0 Å². The molecule has 0 aromatic carbocycles. The van der Waals surface area contributed by atoms with Gasteiger partial charge in [-0.25, -0.2) is 0 Å². The summed E-state index contributed by atoms with van der Waals surface area (Å²) < 4.78 is 0.553. The number of anilines is 1. The first kappa shape index (κ1) is 11.6. The van der Waals surface area contributed by atoms with E-state index >= 15 is 0 Å². The van der Waals surface area contributed by atoms with E-state index < -0.39 is 0 Å². The Morgan fingerprint density at radius 3 is 2.64 bits per heavy atom. The summed E-state index contributed by atoms with van der Waals surface area (Å²) in [6, 6.07) is 1.67. The van der Waals surface area contributed by atoms with Crippen LogP contribution in [0.1, 0.15) is 13.8 Å². The van der Waals surface area contributed by atoms with Crippen molar-refractivity contribution in [2.45, 2.75) is 18.7 Å². The van der Waals surface area contributed by atoms with Crippen LogP contribution >= 0.6 is 34.7 Å². The number of hydrogen-bond acceptors (Lipinski definition) is 4. The van der Waals surface area contributed by atoms with E-state index in [0.29, 0.717) is 14.2 Å². The molecule has 0 aliphatic rings. The molecule has 1 N–H and O–H groups in total. The molecule has 0 aliphatic heterocycles. The summed E-state index contributed by atoms with van der Waals surface area (Å²) in [6.07, 6.45) is 0. The lowest BCUT2D eigenvalue weighted by Crippen LogP contribution is -2.04. The molecular formula is C8H8ClNO2S2. The standard InChI is InChI=1S/C8H8ClNO2S2/c1-4(11)10-8-6(13-5(2)12)3-7(9)14-8/h3H,1-2H3,(H,10,11). The fraction of sp³-hybridized carbons (Fsp3) is 0.250. The van der Waals surface area contributed by atoms with E-state index in [0.717, 1.165) is 11.8 Å². The molecule has 0 saturated carbocycles. The van der Waals surface area contributed by atoms with Gasteiger partial charge in [-0.2, -0.15) is 0 Å². The van der Waals surface area contributed by atoms with Gasteiger partial charge in [0.2, 0.25) is 5.91 Å². The van der Waals surface area contributed by atoms with Crippen LogP contribution in [0.25, 0.3) is 0 Å². The zero-order valence-corrected chi connectivity index (χ0v) is 9.98. The molecule has 0 bridgehead atoms. The Morgan fingerprint density at radius 2 is 2.14 bits per heavy atom. The summed E-state index contributed by atoms with van der Waals surface area (Å²) in [4.78, 5) is 22.4. The Labute approximate surface area is 94.8 Å². The minimum atomic E-state index is -0.172. The molecule has 0 spiro atoms. The number of hydrogen-bond donors (Lipinski definition) is 1. The normalized spacial score (nSPS) is 9.93. The van der Waals surface area contributed by atoms with Crippen molar-refractivity contribution in [3.63, 3.8) is 0 Å². The molecule has 6 heteroatoms. The van der Waals surface area contributed by atoms with Gasteiger partial charge in [0.1, 0.15) is 5.00 Å². The van der Waals surface area contributed by atoms with Crippen LogP contribution in [0.3, 0.4) is 0 Å². The molecule has 76 valence electrons. The third-order valence-electron chi connectivity index (χ3n) is 1.21. The van der Waals surface area contributed by atoms with E-state index in [1.54, 1.807) is 6.07 Å². The van der Waals surface area contributed by atoms with Crippen LogP contribution in [0.5, 0.6) is 0 Å². The average Bonchev–Trinajstić information content (AvgIpc) is 2.28. The molecule has 0 unspecified atom stereocenters. The molecule has 1 heterocycles. The number of halogens is 1. The second-order valence-corrected chi connectivity index (χ2v) is 5.42. The number of thioether (sulfide) groups is 1. The SMILES string of the molecule is CC(=O)Nc1sc(Cl)cc1SC(C)=O. The molecule has 0 fully saturated rings. The number of amides is 1. The Morgan fingerprint density at radius 1 is 1.50 bits per heavy atom. The first-order valence-electron chi connectivity index (χ1n) is 3.74. The highest BCUT2D eigenvalue weighted by Crippen LogP contribution is 2.38. The molecule has 14 heavy (non-hydrogen) atoms. The highest BCUT2D eigenvalue weighted by Gasteiger charge is 2.11. The summed E-state index contributed by atoms with van der Waals surface area (Å²) in [6.45, 7) is 2.88. The highest BCUT2D eigenvalue weighted by atomic mass is 35.5. The monoisotopic (exact) mass is 249 g/mol. The molecule has 3 nitrogen and oxygen atoms in total. The van der Waals surface area contributed by atoms with Gasteiger partial charge in [-0.15, -0.1) is 11.3 Å². The highest BCUT2D eigenvalue weighted by molar-refractivity contribution is 8.13. The van der Waals surface area contributed by atoms with E-state index in [1.807, 2.05) is 0 Å². The number of thiophene rings is 1. The van der Waals surface area contributed by atoms with Crippen molar-refractivity contribution in [1.29, 1.82) is 0 Å². The lowest BCUT2D eigenvalue weighted by Gasteiger charge is -2.00. The molecule has 0 atom stereocenters. The van der Waals surface area contributed by atoms with Gasteiger partial charge in [-0.1, -0.05) is 11.6 Å². The maximum Gasteiger partial charge on any atom is 0.221 e. The molecular weight excluding hydrogens is 242 g/mol. The Hall–Kier alpha value is -0.520. The minimum absolute atomic E-state index is 0.0360. The zero-order chi connectivity index (χ0) is 10.7. The smallest absolute Gasteiger partial charge is 0.221 e. The fourth-order valence-electron chi connectivity index (χ4n) is 0.824. The van der Waals surface area contributed by atoms with Crippen LogP contribution in [-0.4, -0.2) is 11.0 Å². The summed E-state index contributed by atoms with van der Waals surface area (Å²) >= 11 is 8.08. The molecule has 1 aromatic heterocycles. The van der Waals surface area contributed by atoms with Gasteiger partial charge in [0.15, 0.2) is 5.12 Å². The second-order valence-electron chi connectivity index (χ2n) is 2.52. The van der Waals surface area contributed by atoms with Crippen molar-refractivity contribution in [2.75, 3.05) is 5.32 Å². The van der Waals surface area contributed by atoms with Gasteiger partial charge < -0.3 is 5.32 Å². The van der Waals surface area contributed by atoms with Crippen molar-refractivity contribution in [3.05, 3.63) is 10.4 Å². The van der Waals surface area contributed by atoms with Crippen LogP contribution in [0.2, 0.25) is 4.34 Å². The maximum atomic E-state index is 10.9. The van der Waals surface area contributed by atoms with Gasteiger partial charge in [0.05, 0.1) is 9.23 Å². The molecule has 0 aliphatic carbocycles. The predicted octanol–water partition coefficient (Wildman–Crippen LogP) is 3.00. The van der Waals surface area contributed by atoms with Gasteiger partial charge in [0, 0.05) is 13.8 Å². The molecule has 1 aromatic rings. The average molecular weight is 250 g/mol. The van der Waals surface area contributed by atoms with Crippen LogP contribution in [0.4, 0.5) is 5.00 Å². The fourth-order valence-corrected chi connectivity index (χ4v) is 2.91. The largest absolute Gasteiger partial charge is 0.317 e. The molecule has 1 amide bonds. The molecule has 0 radical (unpaired) electrons. The first-order valence-corrected chi connectivity index (χ1v) is 5.75. The third kappa shape index (κ3) is 3.32. The lowest BCUT2D eigenvalue weighted by atomic mass is 10.6. The van der Waals surface area contributed by atoms with Crippen molar-refractivity contribution < 1.29 is 9.59 Å². The first-order chi connectivity index (χ1) is 6.49. The van der Waals surface area contributed by atoms with Gasteiger partial charge >= 0.3 is 0 Å². The number of carbonyl (C=O) groups excluding carboxylic acids is 2. The topological polar surface area (TPSA) is 46.2 Å². The van der Waals surface area contributed by atoms with Crippen LogP contribution < -0.4 is 5.32 Å². The van der Waals surface area contributed by atoms with Crippen molar-refractivity contribution >= 4 is 50.7 Å². The molecule has 1 rings (SSSR count). The van der Waals surface area contributed by atoms with Gasteiger partial charge in [-0.3, -0.25) is 9.59 Å². The van der Waals surface area contributed by atoms with E-state index in [4.69, 9.17) is 11.6 Å². The number of carbonyl (C=O) groups is 2. The Balaban J connectivity index is 2.90. The van der Waals surface area contributed by atoms with Crippen LogP contribution in [0.15, 0.2) is 11.0 Å². The summed E-state index contributed by atoms with van der Waals surface area (Å²) in [5.41, 5.74) is 0. The Bertz CT molecular complexity index is 342. The van der Waals surface area contributed by atoms with Crippen LogP contribution in [0, 0.1) is 0 Å². The van der Waals surface area contributed by atoms with E-state index in [2.05, 4.69) is 5.32 Å². The maximum absolute atomic E-state index is 10.9. The van der Waals surface area contributed by atoms with Crippen molar-refractivity contribution in [1.82, 2.24) is 0 Å². The Kier molecular flexibility index (Phi) is 3.97. The zero-order valence-electron chi connectivity index (χ0n) is 7.59. The van der Waals surface area contributed by atoms with E-state index in [-0.39, 0.29) is 11.0 Å². The van der Waals surface area contributed by atoms with Crippen molar-refractivity contribution in [3.8, 4) is 0 Å². The quantitative estimate of drug-likeness (QED) is 0.820. The number of nitrogens with one attached hydrogen (secondary N) is 1. The van der Waals surface area contributed by atoms with E-state index in [9.17, 15) is 9.59 Å². The lowest BCUT2D eigenvalue weighted by molar-refractivity contribution is -0.114. The predicted molar refractivity (Wildman–Crippen MR) is 60.2 cm³/mol. The van der Waals surface area contributed by atoms with Gasteiger partial charge in [-0.05, 0) is 17.8 Å². The summed E-state index contributed by atoms with van der Waals surface area (Å²) in [7, 11) is 0. The summed E-state index contributed by atoms with van der Waals surface area (Å²) in [5.74, 6) is -0.172. The molecule has 0 saturated heterocycles. The van der Waals surface area contributed by atoms with E-state index in [1.165, 1.54) is 25.2 Å². The number of rotatable bonds is 2. The third-order valence-corrected chi connectivity index (χ3v) is 3.35. The van der Waals surface area contributed by atoms with Gasteiger partial charge in [0.25, 0.3) is 0 Å². The van der Waals surface area contributed by atoms with Crippen LogP contribution in [-0.2, 0) is 9.59 Å². The minimum Gasteiger partial charge on any atom is -0.317 e. The summed E-state index contributed by atoms with van der Waals surface area (Å²) in [5, 5.41) is 3.21.